The van der Waals surface area contributed by atoms with Crippen molar-refractivity contribution >= 4 is 22.9 Å². The van der Waals surface area contributed by atoms with Crippen molar-refractivity contribution in [3.63, 3.8) is 0 Å². The van der Waals surface area contributed by atoms with Crippen molar-refractivity contribution in [1.82, 2.24) is 14.8 Å². The van der Waals surface area contributed by atoms with E-state index in [1.54, 1.807) is 18.5 Å². The van der Waals surface area contributed by atoms with Crippen molar-refractivity contribution in [3.05, 3.63) is 41.7 Å². The fourth-order valence-corrected chi connectivity index (χ4v) is 1.98. The fraction of sp³-hybridized carbons (Fsp3) is 0.250. The van der Waals surface area contributed by atoms with Crippen LogP contribution in [0.15, 0.2) is 24.5 Å². The van der Waals surface area contributed by atoms with Crippen molar-refractivity contribution < 1.29 is 4.39 Å². The summed E-state index contributed by atoms with van der Waals surface area (Å²) in [4.78, 5) is 0.0255. The molecule has 7 heteroatoms. The highest BCUT2D eigenvalue weighted by Gasteiger charge is 2.11. The Morgan fingerprint density at radius 1 is 1.53 bits per heavy atom. The Morgan fingerprint density at radius 2 is 2.32 bits per heavy atom. The molecule has 19 heavy (non-hydrogen) atoms. The van der Waals surface area contributed by atoms with E-state index in [4.69, 9.17) is 18.0 Å². The Kier molecular flexibility index (Phi) is 4.06. The van der Waals surface area contributed by atoms with Crippen molar-refractivity contribution in [2.45, 2.75) is 20.0 Å². The number of aryl methyl sites for hydroxylation is 1. The Bertz CT molecular complexity index is 596. The number of benzene rings is 1. The van der Waals surface area contributed by atoms with Crippen molar-refractivity contribution in [1.29, 1.82) is 0 Å². The average Bonchev–Trinajstić information content (AvgIpc) is 2.83. The maximum Gasteiger partial charge on any atom is 0.152 e. The molecule has 0 fully saturated rings. The maximum absolute atomic E-state index is 13.7. The zero-order valence-corrected chi connectivity index (χ0v) is 11.2. The minimum absolute atomic E-state index is 0.0255. The molecule has 1 aromatic carbocycles. The van der Waals surface area contributed by atoms with Crippen LogP contribution in [0, 0.1) is 5.82 Å². The number of nitrogens with one attached hydrogen (secondary N) is 1. The number of halogens is 1. The molecule has 1 heterocycles. The predicted octanol–water partition coefficient (Wildman–Crippen LogP) is 1.68. The SMILES string of the molecule is CCn1cnnc1CNc1cccc(F)c1C(N)=S. The molecule has 0 amide bonds. The summed E-state index contributed by atoms with van der Waals surface area (Å²) in [7, 11) is 0. The lowest BCUT2D eigenvalue weighted by Gasteiger charge is -2.11. The standard InChI is InChI=1S/C12H14FN5S/c1-2-18-7-16-17-10(18)6-15-9-5-3-4-8(13)11(9)12(14)19/h3-5,7,15H,2,6H2,1H3,(H2,14,19). The minimum Gasteiger partial charge on any atom is -0.389 e. The molecule has 1 aromatic heterocycles. The summed E-state index contributed by atoms with van der Waals surface area (Å²) in [6.07, 6.45) is 1.65. The monoisotopic (exact) mass is 279 g/mol. The number of hydrogen-bond acceptors (Lipinski definition) is 4. The third-order valence-electron chi connectivity index (χ3n) is 2.73. The molecule has 2 aromatic rings. The third kappa shape index (κ3) is 2.87. The van der Waals surface area contributed by atoms with E-state index in [-0.39, 0.29) is 10.6 Å². The number of nitrogens with two attached hydrogens (primary N) is 1. The van der Waals surface area contributed by atoms with Crippen LogP contribution in [0.2, 0.25) is 0 Å². The van der Waals surface area contributed by atoms with E-state index >= 15 is 0 Å². The molecule has 2 rings (SSSR count). The average molecular weight is 279 g/mol. The fourth-order valence-electron chi connectivity index (χ4n) is 1.78. The number of anilines is 1. The van der Waals surface area contributed by atoms with E-state index in [1.165, 1.54) is 6.07 Å². The second kappa shape index (κ2) is 5.75. The summed E-state index contributed by atoms with van der Waals surface area (Å²) in [5.74, 6) is 0.329. The number of rotatable bonds is 5. The van der Waals surface area contributed by atoms with Crippen LogP contribution in [0.4, 0.5) is 10.1 Å². The molecular formula is C12H14FN5S. The van der Waals surface area contributed by atoms with E-state index in [2.05, 4.69) is 15.5 Å². The van der Waals surface area contributed by atoms with Gasteiger partial charge in [0.1, 0.15) is 17.1 Å². The first kappa shape index (κ1) is 13.4. The lowest BCUT2D eigenvalue weighted by Crippen LogP contribution is -2.16. The molecule has 0 aliphatic carbocycles. The zero-order chi connectivity index (χ0) is 13.8. The van der Waals surface area contributed by atoms with E-state index in [0.29, 0.717) is 12.2 Å². The van der Waals surface area contributed by atoms with Gasteiger partial charge in [0.15, 0.2) is 5.82 Å². The smallest absolute Gasteiger partial charge is 0.152 e. The van der Waals surface area contributed by atoms with Crippen LogP contribution in [-0.2, 0) is 13.1 Å². The second-order valence-electron chi connectivity index (χ2n) is 3.91. The van der Waals surface area contributed by atoms with Gasteiger partial charge in [0.05, 0.1) is 12.1 Å². The Labute approximate surface area is 115 Å². The summed E-state index contributed by atoms with van der Waals surface area (Å²) in [5.41, 5.74) is 6.31. The summed E-state index contributed by atoms with van der Waals surface area (Å²) in [6.45, 7) is 3.19. The van der Waals surface area contributed by atoms with E-state index in [9.17, 15) is 4.39 Å². The van der Waals surface area contributed by atoms with Crippen LogP contribution >= 0.6 is 12.2 Å². The maximum atomic E-state index is 13.7. The highest BCUT2D eigenvalue weighted by Crippen LogP contribution is 2.19. The second-order valence-corrected chi connectivity index (χ2v) is 4.35. The number of hydrogen-bond donors (Lipinski definition) is 2. The van der Waals surface area contributed by atoms with Crippen LogP contribution < -0.4 is 11.1 Å². The first-order chi connectivity index (χ1) is 9.13. The summed E-state index contributed by atoms with van der Waals surface area (Å²) in [5, 5.41) is 10.9. The Hall–Kier alpha value is -2.02. The van der Waals surface area contributed by atoms with Gasteiger partial charge in [0.2, 0.25) is 0 Å². The van der Waals surface area contributed by atoms with Gasteiger partial charge in [-0.15, -0.1) is 10.2 Å². The molecule has 5 nitrogen and oxygen atoms in total. The highest BCUT2D eigenvalue weighted by atomic mass is 32.1. The van der Waals surface area contributed by atoms with Gasteiger partial charge in [-0.1, -0.05) is 18.3 Å². The van der Waals surface area contributed by atoms with Crippen LogP contribution in [0.5, 0.6) is 0 Å². The van der Waals surface area contributed by atoms with Crippen molar-refractivity contribution in [2.75, 3.05) is 5.32 Å². The normalized spacial score (nSPS) is 10.4. The highest BCUT2D eigenvalue weighted by molar-refractivity contribution is 7.80. The molecular weight excluding hydrogens is 265 g/mol. The summed E-state index contributed by atoms with van der Waals surface area (Å²) in [6, 6.07) is 4.66. The van der Waals surface area contributed by atoms with Gasteiger partial charge in [-0.25, -0.2) is 4.39 Å². The van der Waals surface area contributed by atoms with Gasteiger partial charge in [-0.3, -0.25) is 0 Å². The molecule has 0 saturated heterocycles. The van der Waals surface area contributed by atoms with Crippen LogP contribution in [0.25, 0.3) is 0 Å². The number of nitrogens with zero attached hydrogens (tertiary/aromatic N) is 3. The number of thiocarbonyl (C=S) groups is 1. The van der Waals surface area contributed by atoms with E-state index < -0.39 is 5.82 Å². The summed E-state index contributed by atoms with van der Waals surface area (Å²) >= 11 is 4.86. The predicted molar refractivity (Wildman–Crippen MR) is 75.3 cm³/mol. The zero-order valence-electron chi connectivity index (χ0n) is 10.4. The first-order valence-electron chi connectivity index (χ1n) is 5.82. The molecule has 0 bridgehead atoms. The molecule has 0 saturated carbocycles. The minimum atomic E-state index is -0.436. The Balaban J connectivity index is 2.20. The lowest BCUT2D eigenvalue weighted by molar-refractivity contribution is 0.625. The van der Waals surface area contributed by atoms with Gasteiger partial charge < -0.3 is 15.6 Å². The molecule has 0 unspecified atom stereocenters. The van der Waals surface area contributed by atoms with Gasteiger partial charge in [-0.2, -0.15) is 0 Å². The topological polar surface area (TPSA) is 68.8 Å². The molecule has 0 aliphatic rings. The van der Waals surface area contributed by atoms with Gasteiger partial charge in [-0.05, 0) is 19.1 Å². The molecule has 0 spiro atoms. The van der Waals surface area contributed by atoms with Crippen LogP contribution in [-0.4, -0.2) is 19.8 Å². The molecule has 0 radical (unpaired) electrons. The quantitative estimate of drug-likeness (QED) is 0.815. The summed E-state index contributed by atoms with van der Waals surface area (Å²) < 4.78 is 15.6. The molecule has 100 valence electrons. The number of aromatic nitrogens is 3. The van der Waals surface area contributed by atoms with Crippen molar-refractivity contribution in [2.24, 2.45) is 5.73 Å². The molecule has 0 atom stereocenters. The molecule has 3 N–H and O–H groups in total. The van der Waals surface area contributed by atoms with Crippen LogP contribution in [0.3, 0.4) is 0 Å². The first-order valence-corrected chi connectivity index (χ1v) is 6.23. The van der Waals surface area contributed by atoms with E-state index in [1.807, 2.05) is 11.5 Å². The van der Waals surface area contributed by atoms with E-state index in [0.717, 1.165) is 12.4 Å². The van der Waals surface area contributed by atoms with Crippen molar-refractivity contribution in [3.8, 4) is 0 Å². The van der Waals surface area contributed by atoms with Gasteiger partial charge >= 0.3 is 0 Å². The van der Waals surface area contributed by atoms with Gasteiger partial charge in [0.25, 0.3) is 0 Å². The van der Waals surface area contributed by atoms with Gasteiger partial charge in [0, 0.05) is 12.2 Å². The molecule has 0 aliphatic heterocycles. The third-order valence-corrected chi connectivity index (χ3v) is 2.94. The largest absolute Gasteiger partial charge is 0.389 e. The lowest BCUT2D eigenvalue weighted by atomic mass is 10.1. The van der Waals surface area contributed by atoms with Crippen LogP contribution in [0.1, 0.15) is 18.3 Å². The Morgan fingerprint density at radius 3 is 3.00 bits per heavy atom.